The summed E-state index contributed by atoms with van der Waals surface area (Å²) in [5.41, 5.74) is 0. The Morgan fingerprint density at radius 1 is 1.20 bits per heavy atom. The number of hydrogen-bond donors (Lipinski definition) is 4. The van der Waals surface area contributed by atoms with E-state index >= 15 is 0 Å². The smallest absolute Gasteiger partial charge is 0.242 e. The maximum atomic E-state index is 12.2. The fourth-order valence-corrected chi connectivity index (χ4v) is 4.77. The lowest BCUT2D eigenvalue weighted by Gasteiger charge is -2.13. The molecule has 0 bridgehead atoms. The van der Waals surface area contributed by atoms with Gasteiger partial charge in [-0.1, -0.05) is 18.2 Å². The number of nitrogens with one attached hydrogen (secondary N) is 3. The molecule has 0 aliphatic rings. The van der Waals surface area contributed by atoms with E-state index in [4.69, 9.17) is 0 Å². The molecule has 2 heterocycles. The molecule has 0 saturated carbocycles. The van der Waals surface area contributed by atoms with Gasteiger partial charge >= 0.3 is 0 Å². The van der Waals surface area contributed by atoms with E-state index in [2.05, 4.69) is 25.3 Å². The number of thiophene rings is 1. The number of aromatic nitrogens is 1. The number of aliphatic imine (C=N–C) groups is 1. The van der Waals surface area contributed by atoms with Crippen LogP contribution in [0.15, 0.2) is 64.7 Å². The van der Waals surface area contributed by atoms with E-state index in [1.807, 2.05) is 37.3 Å². The van der Waals surface area contributed by atoms with Crippen LogP contribution in [-0.4, -0.2) is 50.6 Å². The van der Waals surface area contributed by atoms with Crippen LogP contribution in [0.25, 0.3) is 10.1 Å². The highest BCUT2D eigenvalue weighted by molar-refractivity contribution is 7.89. The van der Waals surface area contributed by atoms with Gasteiger partial charge in [0.2, 0.25) is 10.0 Å². The van der Waals surface area contributed by atoms with Gasteiger partial charge in [-0.25, -0.2) is 13.1 Å². The molecule has 2 aromatic heterocycles. The molecule has 3 aromatic rings. The van der Waals surface area contributed by atoms with Gasteiger partial charge < -0.3 is 15.7 Å². The van der Waals surface area contributed by atoms with Crippen molar-refractivity contribution in [1.82, 2.24) is 20.3 Å². The Hall–Kier alpha value is -2.53. The molecule has 4 N–H and O–H groups in total. The zero-order valence-electron chi connectivity index (χ0n) is 16.6. The van der Waals surface area contributed by atoms with Gasteiger partial charge in [0.25, 0.3) is 0 Å². The van der Waals surface area contributed by atoms with E-state index in [-0.39, 0.29) is 18.0 Å². The number of pyridine rings is 1. The lowest BCUT2D eigenvalue weighted by molar-refractivity contribution is 0.191. The number of sulfonamides is 1. The third kappa shape index (κ3) is 5.99. The Kier molecular flexibility index (Phi) is 7.75. The Morgan fingerprint density at radius 2 is 2.03 bits per heavy atom. The van der Waals surface area contributed by atoms with Crippen molar-refractivity contribution in [3.63, 3.8) is 0 Å². The summed E-state index contributed by atoms with van der Waals surface area (Å²) < 4.78 is 28.0. The van der Waals surface area contributed by atoms with Gasteiger partial charge in [-0.15, -0.1) is 11.3 Å². The zero-order chi connectivity index (χ0) is 21.4. The molecule has 0 aliphatic heterocycles. The van der Waals surface area contributed by atoms with Crippen molar-refractivity contribution >= 4 is 37.4 Å². The van der Waals surface area contributed by atoms with E-state index < -0.39 is 16.1 Å². The maximum absolute atomic E-state index is 12.2. The number of rotatable bonds is 9. The molecular formula is C20H25N5O3S2. The van der Waals surface area contributed by atoms with Gasteiger partial charge in [0.1, 0.15) is 11.0 Å². The van der Waals surface area contributed by atoms with E-state index in [0.717, 1.165) is 15.0 Å². The first-order valence-corrected chi connectivity index (χ1v) is 11.9. The van der Waals surface area contributed by atoms with Crippen LogP contribution in [0.4, 0.5) is 0 Å². The standard InChI is InChI=1S/C20H25N5O3S2/c1-2-22-20(23-10-11-25-30(27,28)16-7-5-9-21-13-16)24-14-17(26)19-12-15-6-3-4-8-18(15)29-19/h3-9,12-13,17,25-26H,2,10-11,14H2,1H3,(H2,22,23,24). The van der Waals surface area contributed by atoms with E-state index in [1.54, 1.807) is 17.4 Å². The molecule has 0 radical (unpaired) electrons. The van der Waals surface area contributed by atoms with Gasteiger partial charge in [-0.2, -0.15) is 0 Å². The van der Waals surface area contributed by atoms with Crippen molar-refractivity contribution < 1.29 is 13.5 Å². The predicted molar refractivity (Wildman–Crippen MR) is 120 cm³/mol. The molecule has 0 amide bonds. The van der Waals surface area contributed by atoms with Crippen molar-refractivity contribution in [3.8, 4) is 0 Å². The third-order valence-corrected chi connectivity index (χ3v) is 6.86. The van der Waals surface area contributed by atoms with E-state index in [0.29, 0.717) is 19.0 Å². The molecule has 30 heavy (non-hydrogen) atoms. The summed E-state index contributed by atoms with van der Waals surface area (Å²) in [6.07, 6.45) is 2.12. The van der Waals surface area contributed by atoms with E-state index in [9.17, 15) is 13.5 Å². The molecule has 1 unspecified atom stereocenters. The van der Waals surface area contributed by atoms with Gasteiger partial charge in [0.15, 0.2) is 5.96 Å². The summed E-state index contributed by atoms with van der Waals surface area (Å²) in [7, 11) is -3.60. The molecule has 160 valence electrons. The first-order valence-electron chi connectivity index (χ1n) is 9.58. The number of aliphatic hydroxyl groups excluding tert-OH is 1. The van der Waals surface area contributed by atoms with Crippen LogP contribution in [0, 0.1) is 0 Å². The van der Waals surface area contributed by atoms with Crippen LogP contribution in [-0.2, 0) is 10.0 Å². The number of guanidine groups is 1. The SMILES string of the molecule is CCNC(=NCC(O)c1cc2ccccc2s1)NCCNS(=O)(=O)c1cccnc1. The van der Waals surface area contributed by atoms with Crippen LogP contribution in [0.1, 0.15) is 17.9 Å². The Bertz CT molecular complexity index is 1050. The molecule has 0 spiro atoms. The monoisotopic (exact) mass is 447 g/mol. The third-order valence-electron chi connectivity index (χ3n) is 4.19. The summed E-state index contributed by atoms with van der Waals surface area (Å²) in [6, 6.07) is 13.0. The first-order chi connectivity index (χ1) is 14.5. The van der Waals surface area contributed by atoms with Crippen LogP contribution < -0.4 is 15.4 Å². The predicted octanol–water partition coefficient (Wildman–Crippen LogP) is 1.86. The van der Waals surface area contributed by atoms with Crippen LogP contribution in [0.3, 0.4) is 0 Å². The molecule has 10 heteroatoms. The summed E-state index contributed by atoms with van der Waals surface area (Å²) in [5, 5.41) is 17.8. The molecule has 1 aromatic carbocycles. The molecule has 0 aliphatic carbocycles. The van der Waals surface area contributed by atoms with Gasteiger partial charge in [0.05, 0.1) is 6.54 Å². The molecule has 8 nitrogen and oxygen atoms in total. The van der Waals surface area contributed by atoms with Crippen LogP contribution >= 0.6 is 11.3 Å². The molecule has 1 atom stereocenters. The van der Waals surface area contributed by atoms with Gasteiger partial charge in [-0.05, 0) is 36.6 Å². The molecule has 3 rings (SSSR count). The highest BCUT2D eigenvalue weighted by Crippen LogP contribution is 2.29. The quantitative estimate of drug-likeness (QED) is 0.226. The fourth-order valence-electron chi connectivity index (χ4n) is 2.73. The highest BCUT2D eigenvalue weighted by atomic mass is 32.2. The topological polar surface area (TPSA) is 116 Å². The average molecular weight is 448 g/mol. The summed E-state index contributed by atoms with van der Waals surface area (Å²) >= 11 is 1.55. The number of benzene rings is 1. The fraction of sp³-hybridized carbons (Fsp3) is 0.300. The van der Waals surface area contributed by atoms with Crippen molar-refractivity contribution in [2.75, 3.05) is 26.2 Å². The van der Waals surface area contributed by atoms with Crippen molar-refractivity contribution in [3.05, 3.63) is 59.7 Å². The minimum absolute atomic E-state index is 0.122. The molecule has 0 saturated heterocycles. The lowest BCUT2D eigenvalue weighted by Crippen LogP contribution is -2.41. The van der Waals surface area contributed by atoms with Crippen molar-refractivity contribution in [2.24, 2.45) is 4.99 Å². The number of hydrogen-bond acceptors (Lipinski definition) is 6. The van der Waals surface area contributed by atoms with Crippen LogP contribution in [0.2, 0.25) is 0 Å². The van der Waals surface area contributed by atoms with E-state index in [1.165, 1.54) is 18.5 Å². The number of aliphatic hydroxyl groups is 1. The average Bonchev–Trinajstić information content (AvgIpc) is 3.20. The Morgan fingerprint density at radius 3 is 2.77 bits per heavy atom. The summed E-state index contributed by atoms with van der Waals surface area (Å²) in [5.74, 6) is 0.512. The van der Waals surface area contributed by atoms with Gasteiger partial charge in [-0.3, -0.25) is 9.98 Å². The van der Waals surface area contributed by atoms with Crippen molar-refractivity contribution in [2.45, 2.75) is 17.9 Å². The number of fused-ring (bicyclic) bond motifs is 1. The second-order valence-corrected chi connectivity index (χ2v) is 9.32. The molecule has 0 fully saturated rings. The normalized spacial score (nSPS) is 13.3. The minimum Gasteiger partial charge on any atom is -0.386 e. The maximum Gasteiger partial charge on any atom is 0.242 e. The minimum atomic E-state index is -3.60. The van der Waals surface area contributed by atoms with Crippen molar-refractivity contribution in [1.29, 1.82) is 0 Å². The highest BCUT2D eigenvalue weighted by Gasteiger charge is 2.13. The summed E-state index contributed by atoms with van der Waals surface area (Å²) in [6.45, 7) is 3.30. The Labute approximate surface area is 180 Å². The largest absolute Gasteiger partial charge is 0.386 e. The lowest BCUT2D eigenvalue weighted by atomic mass is 10.2. The first kappa shape index (κ1) is 22.2. The second-order valence-electron chi connectivity index (χ2n) is 6.44. The second kappa shape index (κ2) is 10.5. The van der Waals surface area contributed by atoms with Crippen LogP contribution in [0.5, 0.6) is 0 Å². The Balaban J connectivity index is 1.52. The summed E-state index contributed by atoms with van der Waals surface area (Å²) in [4.78, 5) is 9.22. The zero-order valence-corrected chi connectivity index (χ0v) is 18.2. The van der Waals surface area contributed by atoms with Gasteiger partial charge in [0, 0.05) is 41.6 Å². The molecular weight excluding hydrogens is 422 g/mol. The number of nitrogens with zero attached hydrogens (tertiary/aromatic N) is 2.